The number of nitrogens with zero attached hydrogens (tertiary/aromatic N) is 1. The summed E-state index contributed by atoms with van der Waals surface area (Å²) in [5, 5.41) is 0.291. The van der Waals surface area contributed by atoms with Crippen LogP contribution in [0.1, 0.15) is 21.5 Å². The van der Waals surface area contributed by atoms with Crippen molar-refractivity contribution in [2.45, 2.75) is 0 Å². The minimum Gasteiger partial charge on any atom is -0.493 e. The molecule has 0 saturated heterocycles. The van der Waals surface area contributed by atoms with Gasteiger partial charge in [-0.15, -0.1) is 0 Å². The van der Waals surface area contributed by atoms with Gasteiger partial charge >= 0.3 is 11.9 Å². The largest absolute Gasteiger partial charge is 0.493 e. The van der Waals surface area contributed by atoms with Crippen LogP contribution in [0.4, 0.5) is 0 Å². The summed E-state index contributed by atoms with van der Waals surface area (Å²) in [6.45, 7) is 0. The number of esters is 2. The van der Waals surface area contributed by atoms with Crippen molar-refractivity contribution in [2.75, 3.05) is 7.11 Å². The molecule has 0 fully saturated rings. The van der Waals surface area contributed by atoms with Crippen LogP contribution in [0.25, 0.3) is 6.08 Å². The number of carbonyl (C=O) groups excluding carboxylic acids is 2. The van der Waals surface area contributed by atoms with E-state index in [1.165, 1.54) is 7.11 Å². The van der Waals surface area contributed by atoms with E-state index >= 15 is 0 Å². The number of hydrogen-bond acceptors (Lipinski definition) is 6. The Morgan fingerprint density at radius 2 is 1.74 bits per heavy atom. The highest BCUT2D eigenvalue weighted by molar-refractivity contribution is 6.33. The molecule has 0 N–H and O–H groups in total. The zero-order valence-corrected chi connectivity index (χ0v) is 17.1. The second-order valence-electron chi connectivity index (χ2n) is 6.48. The van der Waals surface area contributed by atoms with Gasteiger partial charge in [-0.2, -0.15) is 0 Å². The van der Waals surface area contributed by atoms with Crippen molar-refractivity contribution in [3.8, 4) is 11.5 Å². The van der Waals surface area contributed by atoms with E-state index in [9.17, 15) is 9.59 Å². The number of cyclic esters (lactones) is 1. The summed E-state index contributed by atoms with van der Waals surface area (Å²) >= 11 is 6.05. The maximum Gasteiger partial charge on any atom is 0.363 e. The number of hydrogen-bond donors (Lipinski definition) is 0. The third kappa shape index (κ3) is 4.49. The van der Waals surface area contributed by atoms with Crippen LogP contribution in [0.2, 0.25) is 5.02 Å². The van der Waals surface area contributed by atoms with Gasteiger partial charge in [0.05, 0.1) is 17.7 Å². The first-order valence-corrected chi connectivity index (χ1v) is 9.65. The average molecular weight is 434 g/mol. The molecule has 154 valence electrons. The molecule has 7 heteroatoms. The van der Waals surface area contributed by atoms with Gasteiger partial charge in [0.25, 0.3) is 0 Å². The number of ether oxygens (including phenoxy) is 3. The Hall–Kier alpha value is -3.90. The van der Waals surface area contributed by atoms with Gasteiger partial charge in [-0.1, -0.05) is 48.0 Å². The Kier molecular flexibility index (Phi) is 5.82. The quantitative estimate of drug-likeness (QED) is 0.324. The fraction of sp³-hybridized carbons (Fsp3) is 0.0417. The molecule has 0 radical (unpaired) electrons. The van der Waals surface area contributed by atoms with E-state index in [2.05, 4.69) is 4.99 Å². The number of methoxy groups -OCH3 is 1. The number of benzene rings is 3. The molecule has 6 nitrogen and oxygen atoms in total. The zero-order valence-electron chi connectivity index (χ0n) is 16.4. The first-order chi connectivity index (χ1) is 15.0. The Morgan fingerprint density at radius 1 is 1.00 bits per heavy atom. The molecule has 31 heavy (non-hydrogen) atoms. The first-order valence-electron chi connectivity index (χ1n) is 9.28. The predicted molar refractivity (Wildman–Crippen MR) is 116 cm³/mol. The van der Waals surface area contributed by atoms with Crippen LogP contribution in [0.3, 0.4) is 0 Å². The van der Waals surface area contributed by atoms with Crippen molar-refractivity contribution in [1.82, 2.24) is 0 Å². The van der Waals surface area contributed by atoms with Crippen LogP contribution < -0.4 is 9.47 Å². The first kappa shape index (κ1) is 20.4. The summed E-state index contributed by atoms with van der Waals surface area (Å²) in [4.78, 5) is 28.9. The molecule has 0 spiro atoms. The molecular formula is C24H16ClNO5. The summed E-state index contributed by atoms with van der Waals surface area (Å²) in [5.74, 6) is -0.377. The third-order valence-electron chi connectivity index (χ3n) is 4.43. The fourth-order valence-electron chi connectivity index (χ4n) is 2.91. The molecular weight excluding hydrogens is 418 g/mol. The van der Waals surface area contributed by atoms with E-state index < -0.39 is 11.9 Å². The molecule has 0 atom stereocenters. The molecule has 0 saturated carbocycles. The Bertz CT molecular complexity index is 1220. The summed E-state index contributed by atoms with van der Waals surface area (Å²) in [6, 6.07) is 20.6. The van der Waals surface area contributed by atoms with Crippen LogP contribution in [0.15, 0.2) is 83.5 Å². The maximum absolute atomic E-state index is 12.4. The van der Waals surface area contributed by atoms with E-state index in [1.54, 1.807) is 60.7 Å². The topological polar surface area (TPSA) is 74.2 Å². The van der Waals surface area contributed by atoms with Crippen molar-refractivity contribution in [2.24, 2.45) is 4.99 Å². The van der Waals surface area contributed by atoms with Crippen molar-refractivity contribution in [3.05, 3.63) is 100 Å². The highest BCUT2D eigenvalue weighted by Gasteiger charge is 2.24. The van der Waals surface area contributed by atoms with Crippen LogP contribution in [0.5, 0.6) is 11.5 Å². The van der Waals surface area contributed by atoms with Gasteiger partial charge in [-0.3, -0.25) is 0 Å². The summed E-state index contributed by atoms with van der Waals surface area (Å²) in [6.07, 6.45) is 1.57. The van der Waals surface area contributed by atoms with E-state index in [0.29, 0.717) is 21.9 Å². The van der Waals surface area contributed by atoms with Crippen molar-refractivity contribution in [3.63, 3.8) is 0 Å². The molecule has 0 amide bonds. The maximum atomic E-state index is 12.4. The van der Waals surface area contributed by atoms with Gasteiger partial charge in [-0.25, -0.2) is 14.6 Å². The molecule has 4 rings (SSSR count). The Labute approximate surface area is 183 Å². The lowest BCUT2D eigenvalue weighted by Gasteiger charge is -2.10. The minimum absolute atomic E-state index is 0.154. The van der Waals surface area contributed by atoms with Gasteiger partial charge < -0.3 is 14.2 Å². The predicted octanol–water partition coefficient (Wildman–Crippen LogP) is 4.91. The van der Waals surface area contributed by atoms with Gasteiger partial charge in [-0.05, 0) is 48.0 Å². The molecule has 0 aromatic heterocycles. The van der Waals surface area contributed by atoms with E-state index in [4.69, 9.17) is 25.8 Å². The lowest BCUT2D eigenvalue weighted by molar-refractivity contribution is -0.129. The molecule has 0 unspecified atom stereocenters. The number of rotatable bonds is 5. The van der Waals surface area contributed by atoms with Gasteiger partial charge in [0.15, 0.2) is 17.2 Å². The molecule has 1 aliphatic rings. The molecule has 1 heterocycles. The fourth-order valence-corrected chi connectivity index (χ4v) is 3.12. The van der Waals surface area contributed by atoms with Crippen molar-refractivity contribution in [1.29, 1.82) is 0 Å². The van der Waals surface area contributed by atoms with Crippen LogP contribution in [0, 0.1) is 0 Å². The van der Waals surface area contributed by atoms with E-state index in [-0.39, 0.29) is 22.9 Å². The monoisotopic (exact) mass is 433 g/mol. The Morgan fingerprint density at radius 3 is 2.48 bits per heavy atom. The summed E-state index contributed by atoms with van der Waals surface area (Å²) in [5.41, 5.74) is 1.73. The summed E-state index contributed by atoms with van der Waals surface area (Å²) < 4.78 is 16.0. The highest BCUT2D eigenvalue weighted by Crippen LogP contribution is 2.31. The Balaban J connectivity index is 1.58. The second-order valence-corrected chi connectivity index (χ2v) is 6.89. The zero-order chi connectivity index (χ0) is 21.8. The van der Waals surface area contributed by atoms with Crippen LogP contribution in [-0.4, -0.2) is 24.9 Å². The third-order valence-corrected chi connectivity index (χ3v) is 4.76. The molecule has 1 aliphatic heterocycles. The number of carbonyl (C=O) groups is 2. The molecule has 0 bridgehead atoms. The van der Waals surface area contributed by atoms with Crippen molar-refractivity contribution >= 4 is 35.5 Å². The SMILES string of the molecule is COc1cc(/C=C2\N=C(c3ccccc3)OC2=O)ccc1OC(=O)c1ccccc1Cl. The minimum atomic E-state index is -0.605. The van der Waals surface area contributed by atoms with Gasteiger partial charge in [0.1, 0.15) is 0 Å². The number of aliphatic imine (C=N–C) groups is 1. The lowest BCUT2D eigenvalue weighted by atomic mass is 10.1. The highest BCUT2D eigenvalue weighted by atomic mass is 35.5. The molecule has 3 aromatic rings. The van der Waals surface area contributed by atoms with Crippen molar-refractivity contribution < 1.29 is 23.8 Å². The van der Waals surface area contributed by atoms with Gasteiger partial charge in [0.2, 0.25) is 5.90 Å². The smallest absolute Gasteiger partial charge is 0.363 e. The average Bonchev–Trinajstić information content (AvgIpc) is 3.15. The van der Waals surface area contributed by atoms with E-state index in [0.717, 1.165) is 0 Å². The lowest BCUT2D eigenvalue weighted by Crippen LogP contribution is -2.09. The standard InChI is InChI=1S/C24H16ClNO5/c1-29-21-14-15(11-12-20(21)30-23(27)17-9-5-6-10-18(17)25)13-19-24(28)31-22(26-19)16-7-3-2-4-8-16/h2-14H,1H3/b19-13-. The van der Waals surface area contributed by atoms with E-state index in [1.807, 2.05) is 18.2 Å². The normalized spacial score (nSPS) is 14.2. The second kappa shape index (κ2) is 8.85. The van der Waals surface area contributed by atoms with Gasteiger partial charge in [0, 0.05) is 5.56 Å². The molecule has 3 aromatic carbocycles. The van der Waals surface area contributed by atoms with Crippen LogP contribution in [-0.2, 0) is 9.53 Å². The number of halogens is 1. The van der Waals surface area contributed by atoms with Crippen LogP contribution >= 0.6 is 11.6 Å². The summed E-state index contributed by atoms with van der Waals surface area (Å²) in [7, 11) is 1.45. The molecule has 0 aliphatic carbocycles.